The predicted octanol–water partition coefficient (Wildman–Crippen LogP) is 2.46. The lowest BCUT2D eigenvalue weighted by Crippen LogP contribution is -2.13. The van der Waals surface area contributed by atoms with Gasteiger partial charge in [0.15, 0.2) is 0 Å². The Morgan fingerprint density at radius 3 is 2.80 bits per heavy atom. The first-order valence-electron chi connectivity index (χ1n) is 5.32. The highest BCUT2D eigenvalue weighted by molar-refractivity contribution is 5.43. The van der Waals surface area contributed by atoms with Gasteiger partial charge in [0.25, 0.3) is 0 Å². The standard InChI is InChI=1S/C12H19NO2/c1-3-10(2)14-7-8-15-12-6-4-5-11(13)9-12/h4-6,9-10H,3,7-8,13H2,1-2H3. The molecule has 2 N–H and O–H groups in total. The van der Waals surface area contributed by atoms with Crippen molar-refractivity contribution in [2.24, 2.45) is 0 Å². The van der Waals surface area contributed by atoms with Gasteiger partial charge in [-0.25, -0.2) is 0 Å². The zero-order valence-electron chi connectivity index (χ0n) is 9.40. The average Bonchev–Trinajstić information content (AvgIpc) is 2.24. The van der Waals surface area contributed by atoms with E-state index in [2.05, 4.69) is 13.8 Å². The Hall–Kier alpha value is -1.22. The van der Waals surface area contributed by atoms with Crippen molar-refractivity contribution in [2.75, 3.05) is 18.9 Å². The molecule has 1 atom stereocenters. The minimum Gasteiger partial charge on any atom is -0.491 e. The number of hydrogen-bond acceptors (Lipinski definition) is 3. The Bertz CT molecular complexity index is 289. The molecule has 0 amide bonds. The summed E-state index contributed by atoms with van der Waals surface area (Å²) in [5.74, 6) is 0.794. The number of nitrogens with two attached hydrogens (primary N) is 1. The van der Waals surface area contributed by atoms with Gasteiger partial charge in [-0.05, 0) is 25.5 Å². The van der Waals surface area contributed by atoms with E-state index < -0.39 is 0 Å². The van der Waals surface area contributed by atoms with Gasteiger partial charge in [-0.1, -0.05) is 13.0 Å². The molecule has 0 fully saturated rings. The molecule has 3 heteroatoms. The smallest absolute Gasteiger partial charge is 0.121 e. The van der Waals surface area contributed by atoms with Gasteiger partial charge in [-0.3, -0.25) is 0 Å². The van der Waals surface area contributed by atoms with Gasteiger partial charge >= 0.3 is 0 Å². The van der Waals surface area contributed by atoms with E-state index in [0.717, 1.165) is 17.9 Å². The van der Waals surface area contributed by atoms with E-state index in [1.807, 2.05) is 24.3 Å². The van der Waals surface area contributed by atoms with E-state index in [4.69, 9.17) is 15.2 Å². The molecule has 0 aliphatic rings. The molecule has 15 heavy (non-hydrogen) atoms. The van der Waals surface area contributed by atoms with Crippen molar-refractivity contribution in [2.45, 2.75) is 26.4 Å². The van der Waals surface area contributed by atoms with E-state index in [-0.39, 0.29) is 0 Å². The topological polar surface area (TPSA) is 44.5 Å². The van der Waals surface area contributed by atoms with Crippen molar-refractivity contribution in [3.05, 3.63) is 24.3 Å². The van der Waals surface area contributed by atoms with Crippen LogP contribution in [0.5, 0.6) is 5.75 Å². The molecule has 0 aliphatic carbocycles. The number of nitrogen functional groups attached to an aromatic ring is 1. The highest BCUT2D eigenvalue weighted by Gasteiger charge is 1.98. The van der Waals surface area contributed by atoms with Crippen LogP contribution in [0.25, 0.3) is 0 Å². The van der Waals surface area contributed by atoms with Gasteiger partial charge < -0.3 is 15.2 Å². The highest BCUT2D eigenvalue weighted by atomic mass is 16.5. The molecule has 0 radical (unpaired) electrons. The number of benzene rings is 1. The first-order chi connectivity index (χ1) is 7.22. The third kappa shape index (κ3) is 4.70. The molecule has 0 spiro atoms. The van der Waals surface area contributed by atoms with Crippen LogP contribution in [0.3, 0.4) is 0 Å². The Kier molecular flexibility index (Phi) is 4.98. The fourth-order valence-electron chi connectivity index (χ4n) is 1.13. The first-order valence-corrected chi connectivity index (χ1v) is 5.32. The summed E-state index contributed by atoms with van der Waals surface area (Å²) in [7, 11) is 0. The molecule has 1 unspecified atom stereocenters. The fraction of sp³-hybridized carbons (Fsp3) is 0.500. The maximum absolute atomic E-state index is 5.62. The Morgan fingerprint density at radius 1 is 1.33 bits per heavy atom. The number of ether oxygens (including phenoxy) is 2. The van der Waals surface area contributed by atoms with Gasteiger partial charge in [0.05, 0.1) is 12.7 Å². The average molecular weight is 209 g/mol. The molecule has 1 aromatic rings. The lowest BCUT2D eigenvalue weighted by Gasteiger charge is -2.11. The number of anilines is 1. The Morgan fingerprint density at radius 2 is 2.13 bits per heavy atom. The van der Waals surface area contributed by atoms with Crippen LogP contribution in [0.4, 0.5) is 5.69 Å². The van der Waals surface area contributed by atoms with Crippen LogP contribution >= 0.6 is 0 Å². The normalized spacial score (nSPS) is 12.4. The maximum atomic E-state index is 5.62. The van der Waals surface area contributed by atoms with E-state index in [1.54, 1.807) is 0 Å². The van der Waals surface area contributed by atoms with Gasteiger partial charge in [-0.2, -0.15) is 0 Å². The largest absolute Gasteiger partial charge is 0.491 e. The second kappa shape index (κ2) is 6.30. The van der Waals surface area contributed by atoms with Crippen molar-refractivity contribution in [1.82, 2.24) is 0 Å². The molecule has 0 heterocycles. The maximum Gasteiger partial charge on any atom is 0.121 e. The molecular formula is C12H19NO2. The van der Waals surface area contributed by atoms with Gasteiger partial charge in [-0.15, -0.1) is 0 Å². The van der Waals surface area contributed by atoms with Crippen LogP contribution in [0, 0.1) is 0 Å². The zero-order valence-corrected chi connectivity index (χ0v) is 9.40. The monoisotopic (exact) mass is 209 g/mol. The van der Waals surface area contributed by atoms with Crippen LogP contribution in [0.2, 0.25) is 0 Å². The van der Waals surface area contributed by atoms with Crippen LogP contribution < -0.4 is 10.5 Å². The van der Waals surface area contributed by atoms with E-state index >= 15 is 0 Å². The van der Waals surface area contributed by atoms with Crippen LogP contribution in [0.1, 0.15) is 20.3 Å². The molecule has 84 valence electrons. The molecular weight excluding hydrogens is 190 g/mol. The van der Waals surface area contributed by atoms with Crippen molar-refractivity contribution in [3.8, 4) is 5.75 Å². The summed E-state index contributed by atoms with van der Waals surface area (Å²) in [5.41, 5.74) is 6.34. The molecule has 3 nitrogen and oxygen atoms in total. The molecule has 0 saturated heterocycles. The second-order valence-electron chi connectivity index (χ2n) is 3.51. The molecule has 1 aromatic carbocycles. The van der Waals surface area contributed by atoms with Crippen molar-refractivity contribution in [3.63, 3.8) is 0 Å². The molecule has 0 saturated carbocycles. The quantitative estimate of drug-likeness (QED) is 0.578. The molecule has 0 bridgehead atoms. The first kappa shape index (κ1) is 11.9. The minimum absolute atomic E-state index is 0.300. The third-order valence-corrected chi connectivity index (χ3v) is 2.19. The summed E-state index contributed by atoms with van der Waals surface area (Å²) in [6.07, 6.45) is 1.33. The van der Waals surface area contributed by atoms with Gasteiger partial charge in [0.1, 0.15) is 12.4 Å². The lowest BCUT2D eigenvalue weighted by atomic mass is 10.3. The van der Waals surface area contributed by atoms with E-state index in [0.29, 0.717) is 19.3 Å². The van der Waals surface area contributed by atoms with Gasteiger partial charge in [0, 0.05) is 11.8 Å². The summed E-state index contributed by atoms with van der Waals surface area (Å²) < 4.78 is 11.0. The third-order valence-electron chi connectivity index (χ3n) is 2.19. The molecule has 1 rings (SSSR count). The van der Waals surface area contributed by atoms with Gasteiger partial charge in [0.2, 0.25) is 0 Å². The van der Waals surface area contributed by atoms with Crippen molar-refractivity contribution in [1.29, 1.82) is 0 Å². The van der Waals surface area contributed by atoms with Crippen molar-refractivity contribution < 1.29 is 9.47 Å². The summed E-state index contributed by atoms with van der Waals surface area (Å²) in [6, 6.07) is 7.41. The van der Waals surface area contributed by atoms with Crippen LogP contribution in [0.15, 0.2) is 24.3 Å². The van der Waals surface area contributed by atoms with Crippen LogP contribution in [-0.2, 0) is 4.74 Å². The lowest BCUT2D eigenvalue weighted by molar-refractivity contribution is 0.0427. The SMILES string of the molecule is CCC(C)OCCOc1cccc(N)c1. The summed E-state index contributed by atoms with van der Waals surface area (Å²) in [5, 5.41) is 0. The summed E-state index contributed by atoms with van der Waals surface area (Å²) in [6.45, 7) is 5.33. The second-order valence-corrected chi connectivity index (χ2v) is 3.51. The summed E-state index contributed by atoms with van der Waals surface area (Å²) >= 11 is 0. The zero-order chi connectivity index (χ0) is 11.1. The summed E-state index contributed by atoms with van der Waals surface area (Å²) in [4.78, 5) is 0. The molecule has 0 aromatic heterocycles. The Labute approximate surface area is 91.2 Å². The van der Waals surface area contributed by atoms with Crippen LogP contribution in [-0.4, -0.2) is 19.3 Å². The van der Waals surface area contributed by atoms with E-state index in [1.165, 1.54) is 0 Å². The highest BCUT2D eigenvalue weighted by Crippen LogP contribution is 2.14. The fourth-order valence-corrected chi connectivity index (χ4v) is 1.13. The minimum atomic E-state index is 0.300. The molecule has 0 aliphatic heterocycles. The number of rotatable bonds is 6. The van der Waals surface area contributed by atoms with Crippen molar-refractivity contribution >= 4 is 5.69 Å². The number of hydrogen-bond donors (Lipinski definition) is 1. The predicted molar refractivity (Wildman–Crippen MR) is 62.1 cm³/mol. The Balaban J connectivity index is 2.20. The van der Waals surface area contributed by atoms with E-state index in [9.17, 15) is 0 Å².